The Balaban J connectivity index is 0.000000129. The number of carboxylic acid groups (broad SMARTS) is 3. The lowest BCUT2D eigenvalue weighted by atomic mass is 10.1. The smallest absolute Gasteiger partial charge is 0.335 e. The molecule has 0 bridgehead atoms. The van der Waals surface area contributed by atoms with Crippen LogP contribution < -0.4 is 0 Å². The molecular weight excluding hydrogens is 803 g/mol. The molecule has 0 aliphatic carbocycles. The first kappa shape index (κ1) is 39.8. The molecule has 0 saturated carbocycles. The number of hydrogen-bond donors (Lipinski definition) is 3. The summed E-state index contributed by atoms with van der Waals surface area (Å²) in [7, 11) is 0. The highest BCUT2D eigenvalue weighted by molar-refractivity contribution is 7.13. The van der Waals surface area contributed by atoms with Crippen molar-refractivity contribution in [1.82, 2.24) is 24.8 Å². The molecule has 1 aliphatic heterocycles. The Labute approximate surface area is 349 Å². The fourth-order valence-electron chi connectivity index (χ4n) is 6.49. The highest BCUT2D eigenvalue weighted by atomic mass is 32.1. The van der Waals surface area contributed by atoms with E-state index in [1.807, 2.05) is 29.3 Å². The summed E-state index contributed by atoms with van der Waals surface area (Å²) < 4.78 is 16.9. The molecule has 304 valence electrons. The quantitative estimate of drug-likeness (QED) is 0.136. The van der Waals surface area contributed by atoms with Gasteiger partial charge < -0.3 is 33.5 Å². The van der Waals surface area contributed by atoms with Crippen molar-refractivity contribution in [1.29, 1.82) is 0 Å². The lowest BCUT2D eigenvalue weighted by Gasteiger charge is -2.14. The van der Waals surface area contributed by atoms with Gasteiger partial charge in [0, 0.05) is 36.6 Å². The van der Waals surface area contributed by atoms with E-state index < -0.39 is 17.9 Å². The number of benzene rings is 4. The number of hydrogen-bond acceptors (Lipinski definition) is 12. The van der Waals surface area contributed by atoms with E-state index in [-0.39, 0.29) is 22.6 Å². The number of thiophene rings is 1. The number of fused-ring (bicyclic) bond motifs is 3. The molecule has 9 aromatic rings. The van der Waals surface area contributed by atoms with Gasteiger partial charge in [-0.1, -0.05) is 6.07 Å². The number of aromatic nitrogens is 4. The van der Waals surface area contributed by atoms with E-state index in [1.165, 1.54) is 36.4 Å². The molecule has 1 amide bonds. The third-order valence-corrected chi connectivity index (χ3v) is 10.6. The molecule has 3 N–H and O–H groups in total. The molecule has 1 fully saturated rings. The molecule has 0 radical (unpaired) electrons. The first-order valence-electron chi connectivity index (χ1n) is 18.8. The predicted molar refractivity (Wildman–Crippen MR) is 225 cm³/mol. The predicted octanol–water partition coefficient (Wildman–Crippen LogP) is 9.58. The van der Waals surface area contributed by atoms with Crippen LogP contribution in [-0.4, -0.2) is 77.1 Å². The zero-order chi connectivity index (χ0) is 42.6. The van der Waals surface area contributed by atoms with Gasteiger partial charge in [0.1, 0.15) is 16.6 Å². The topological polar surface area (TPSA) is 223 Å². The fraction of sp³-hybridized carbons (Fsp3) is 0.111. The molecule has 0 unspecified atom stereocenters. The number of nitrogens with zero attached hydrogens (tertiary/aromatic N) is 5. The van der Waals surface area contributed by atoms with E-state index in [1.54, 1.807) is 72.3 Å². The van der Waals surface area contributed by atoms with Crippen LogP contribution in [0, 0.1) is 6.92 Å². The Kier molecular flexibility index (Phi) is 11.2. The van der Waals surface area contributed by atoms with Gasteiger partial charge in [-0.3, -0.25) is 9.78 Å². The summed E-state index contributed by atoms with van der Waals surface area (Å²) in [4.78, 5) is 65.2. The van der Waals surface area contributed by atoms with Gasteiger partial charge >= 0.3 is 17.9 Å². The standard InChI is InChI=1S/C19H16N2O4.C13H8N2O3.C13H9NO3S/c22-18(21-8-1-2-9-21)13-6-7-15-16(11-13)25-17(20-15)12-4-3-5-14(10-12)19(23)24;16-13(17)8-3-4-10-11(6-8)18-12(15-10)9-2-1-5-14-7-9;1-7-4-5-18-11(7)12-14-9-3-2-8(13(15)16)6-10(9)17-12/h3-7,10-11H,1-2,8-9H2,(H,23,24);1-7H,(H,16,17);2-6H,1H3,(H,15,16). The van der Waals surface area contributed by atoms with Gasteiger partial charge in [0.25, 0.3) is 5.91 Å². The van der Waals surface area contributed by atoms with E-state index in [2.05, 4.69) is 19.9 Å². The van der Waals surface area contributed by atoms with Crippen LogP contribution in [0.1, 0.15) is 59.8 Å². The van der Waals surface area contributed by atoms with Crippen LogP contribution in [0.4, 0.5) is 0 Å². The number of pyridine rings is 1. The molecular formula is C45H33N5O10S. The minimum atomic E-state index is -1.00. The van der Waals surface area contributed by atoms with Crippen LogP contribution >= 0.6 is 11.3 Å². The maximum atomic E-state index is 12.5. The first-order valence-corrected chi connectivity index (χ1v) is 19.6. The van der Waals surface area contributed by atoms with E-state index in [0.717, 1.165) is 41.9 Å². The fourth-order valence-corrected chi connectivity index (χ4v) is 7.34. The van der Waals surface area contributed by atoms with Gasteiger partial charge in [-0.2, -0.15) is 0 Å². The number of rotatable bonds is 7. The number of aryl methyl sites for hydroxylation is 1. The van der Waals surface area contributed by atoms with Gasteiger partial charge in [-0.15, -0.1) is 11.3 Å². The summed E-state index contributed by atoms with van der Waals surface area (Å²) in [6.45, 7) is 3.57. The number of oxazole rings is 3. The van der Waals surface area contributed by atoms with Crippen molar-refractivity contribution in [2.75, 3.05) is 13.1 Å². The zero-order valence-electron chi connectivity index (χ0n) is 32.1. The maximum absolute atomic E-state index is 12.5. The number of carbonyl (C=O) groups is 4. The molecule has 1 saturated heterocycles. The second-order valence-corrected chi connectivity index (χ2v) is 14.7. The number of amides is 1. The number of carboxylic acids is 3. The highest BCUT2D eigenvalue weighted by Crippen LogP contribution is 2.32. The minimum Gasteiger partial charge on any atom is -0.478 e. The van der Waals surface area contributed by atoms with Crippen LogP contribution in [0.3, 0.4) is 0 Å². The number of carbonyl (C=O) groups excluding carboxylic acids is 1. The molecule has 15 nitrogen and oxygen atoms in total. The molecule has 16 heteroatoms. The average Bonchev–Trinajstić information content (AvgIpc) is 4.13. The number of likely N-dealkylation sites (tertiary alicyclic amines) is 1. The molecule has 6 heterocycles. The third-order valence-electron chi connectivity index (χ3n) is 9.62. The Morgan fingerprint density at radius 2 is 1.10 bits per heavy atom. The van der Waals surface area contributed by atoms with Gasteiger partial charge in [-0.05, 0) is 122 Å². The van der Waals surface area contributed by atoms with Crippen molar-refractivity contribution in [2.24, 2.45) is 0 Å². The monoisotopic (exact) mass is 835 g/mol. The molecule has 0 atom stereocenters. The largest absolute Gasteiger partial charge is 0.478 e. The van der Waals surface area contributed by atoms with E-state index in [0.29, 0.717) is 62.1 Å². The van der Waals surface area contributed by atoms with Crippen molar-refractivity contribution in [3.05, 3.63) is 143 Å². The highest BCUT2D eigenvalue weighted by Gasteiger charge is 2.21. The molecule has 61 heavy (non-hydrogen) atoms. The lowest BCUT2D eigenvalue weighted by Crippen LogP contribution is -2.27. The van der Waals surface area contributed by atoms with E-state index >= 15 is 0 Å². The summed E-state index contributed by atoms with van der Waals surface area (Å²) in [5, 5.41) is 28.9. The van der Waals surface area contributed by atoms with E-state index in [4.69, 9.17) is 28.6 Å². The van der Waals surface area contributed by atoms with Crippen molar-refractivity contribution in [2.45, 2.75) is 19.8 Å². The van der Waals surface area contributed by atoms with Gasteiger partial charge in [-0.25, -0.2) is 29.3 Å². The summed E-state index contributed by atoms with van der Waals surface area (Å²) in [5.74, 6) is -1.65. The van der Waals surface area contributed by atoms with Crippen molar-refractivity contribution in [3.8, 4) is 33.7 Å². The Morgan fingerprint density at radius 3 is 1.64 bits per heavy atom. The minimum absolute atomic E-state index is 0.00484. The summed E-state index contributed by atoms with van der Waals surface area (Å²) in [6, 6.07) is 26.5. The van der Waals surface area contributed by atoms with Crippen LogP contribution in [0.2, 0.25) is 0 Å². The second kappa shape index (κ2) is 17.1. The molecule has 1 aliphatic rings. The summed E-state index contributed by atoms with van der Waals surface area (Å²) in [6.07, 6.45) is 5.39. The van der Waals surface area contributed by atoms with Crippen molar-refractivity contribution in [3.63, 3.8) is 0 Å². The average molecular weight is 836 g/mol. The van der Waals surface area contributed by atoms with Gasteiger partial charge in [0.2, 0.25) is 17.7 Å². The van der Waals surface area contributed by atoms with Crippen LogP contribution in [0.5, 0.6) is 0 Å². The zero-order valence-corrected chi connectivity index (χ0v) is 33.0. The van der Waals surface area contributed by atoms with Crippen LogP contribution in [0.15, 0.2) is 128 Å². The summed E-state index contributed by atoms with van der Waals surface area (Å²) >= 11 is 1.56. The Hall–Kier alpha value is -7.98. The second-order valence-electron chi connectivity index (χ2n) is 13.8. The van der Waals surface area contributed by atoms with Crippen LogP contribution in [0.25, 0.3) is 67.0 Å². The first-order chi connectivity index (χ1) is 29.5. The maximum Gasteiger partial charge on any atom is 0.335 e. The van der Waals surface area contributed by atoms with Gasteiger partial charge in [0.15, 0.2) is 16.7 Å². The number of aromatic carboxylic acids is 3. The Bertz CT molecular complexity index is 3090. The van der Waals surface area contributed by atoms with Crippen LogP contribution in [-0.2, 0) is 0 Å². The molecule has 4 aromatic carbocycles. The molecule has 5 aromatic heterocycles. The molecule has 10 rings (SSSR count). The van der Waals surface area contributed by atoms with Crippen molar-refractivity contribution >= 4 is 68.5 Å². The van der Waals surface area contributed by atoms with E-state index in [9.17, 15) is 19.2 Å². The lowest BCUT2D eigenvalue weighted by molar-refractivity contribution is 0.0686. The normalized spacial score (nSPS) is 12.2. The molecule has 0 spiro atoms. The summed E-state index contributed by atoms with van der Waals surface area (Å²) in [5.41, 5.74) is 6.97. The third kappa shape index (κ3) is 8.74. The Morgan fingerprint density at radius 1 is 0.590 bits per heavy atom. The van der Waals surface area contributed by atoms with Gasteiger partial charge in [0.05, 0.1) is 27.1 Å². The SMILES string of the molecule is Cc1ccsc1-c1nc2ccc(C(=O)O)cc2o1.O=C(O)c1ccc2nc(-c3cccnc3)oc2c1.O=C(O)c1cccc(-c2nc3ccc(C(=O)N4CCCC4)cc3o2)c1. The van der Waals surface area contributed by atoms with Crippen molar-refractivity contribution < 1.29 is 47.7 Å².